The first-order chi connectivity index (χ1) is 20.6. The van der Waals surface area contributed by atoms with Crippen molar-refractivity contribution < 1.29 is 55.6 Å². The molecule has 236 valence electrons. The Kier molecular flexibility index (Phi) is 15.8. The third-order valence-electron chi connectivity index (χ3n) is 4.83. The Bertz CT molecular complexity index is 1570. The molecule has 2 aromatic heterocycles. The maximum absolute atomic E-state index is 9.35. The number of methoxy groups -OCH3 is 2. The molecule has 0 aliphatic carbocycles. The molecular formula is C30H34N2O10S2. The van der Waals surface area contributed by atoms with E-state index in [1.165, 1.54) is 0 Å². The van der Waals surface area contributed by atoms with Crippen LogP contribution in [0.3, 0.4) is 0 Å². The third kappa shape index (κ3) is 18.6. The van der Waals surface area contributed by atoms with Gasteiger partial charge in [0, 0.05) is 60.0 Å². The summed E-state index contributed by atoms with van der Waals surface area (Å²) in [4.78, 5) is 5.94. The minimum absolute atomic E-state index is 0.202. The van der Waals surface area contributed by atoms with Crippen molar-refractivity contribution in [1.82, 2.24) is 0 Å². The van der Waals surface area contributed by atoms with Crippen LogP contribution in [0.4, 0.5) is 0 Å². The number of hydrogen-bond donors (Lipinski definition) is 2. The van der Waals surface area contributed by atoms with Crippen LogP contribution in [0.2, 0.25) is 0 Å². The van der Waals surface area contributed by atoms with Crippen LogP contribution in [0.15, 0.2) is 85.5 Å². The van der Waals surface area contributed by atoms with Crippen molar-refractivity contribution in [2.75, 3.05) is 26.7 Å². The van der Waals surface area contributed by atoms with E-state index in [9.17, 15) is 10.2 Å². The number of hydrogen-bond acceptors (Lipinski definition) is 10. The Morgan fingerprint density at radius 2 is 0.886 bits per heavy atom. The molecule has 0 radical (unpaired) electrons. The minimum Gasteiger partial charge on any atom is -0.748 e. The number of aromatic amines is 2. The van der Waals surface area contributed by atoms with Crippen LogP contribution >= 0.6 is 0 Å². The van der Waals surface area contributed by atoms with Gasteiger partial charge in [-0.05, 0) is 35.4 Å². The van der Waals surface area contributed by atoms with Gasteiger partial charge in [0.05, 0.1) is 34.5 Å². The normalized spacial score (nSPS) is 10.9. The quantitative estimate of drug-likeness (QED) is 0.293. The maximum atomic E-state index is 9.35. The van der Waals surface area contributed by atoms with Crippen molar-refractivity contribution in [3.05, 3.63) is 108 Å². The Morgan fingerprint density at radius 1 is 0.591 bits per heavy atom. The number of pyridine rings is 2. The lowest BCUT2D eigenvalue weighted by atomic mass is 10.1. The fourth-order valence-electron chi connectivity index (χ4n) is 3.07. The first-order valence-electron chi connectivity index (χ1n) is 12.4. The standard InChI is InChI=1S/2C14H13NO2.2CH4O3S/c2*1-17-14-10-13(16)5-4-12(14)3-2-11-6-8-15-9-7-11;2*1-5(2,3)4/h2*2-10,16H,1H3;2*1H3,(H,2,3,4)/b2*3-2+;;. The summed E-state index contributed by atoms with van der Waals surface area (Å²) in [5.74, 6) is 1.72. The van der Waals surface area contributed by atoms with Crippen molar-refractivity contribution in [3.8, 4) is 23.0 Å². The van der Waals surface area contributed by atoms with Gasteiger partial charge in [0.2, 0.25) is 0 Å². The summed E-state index contributed by atoms with van der Waals surface area (Å²) in [5, 5.41) is 18.7. The molecule has 0 saturated carbocycles. The van der Waals surface area contributed by atoms with Crippen molar-refractivity contribution in [2.24, 2.45) is 0 Å². The number of H-pyrrole nitrogens is 2. The third-order valence-corrected chi connectivity index (χ3v) is 4.83. The summed E-state index contributed by atoms with van der Waals surface area (Å²) in [6.07, 6.45) is 16.6. The van der Waals surface area contributed by atoms with E-state index in [0.717, 1.165) is 22.3 Å². The molecule has 4 N–H and O–H groups in total. The predicted molar refractivity (Wildman–Crippen MR) is 164 cm³/mol. The number of phenols is 2. The lowest BCUT2D eigenvalue weighted by Crippen LogP contribution is -1.96. The number of phenolic OH excluding ortho intramolecular Hbond substituents is 2. The van der Waals surface area contributed by atoms with Crippen LogP contribution in [0.25, 0.3) is 24.3 Å². The topological polar surface area (TPSA) is 202 Å². The van der Waals surface area contributed by atoms with Gasteiger partial charge >= 0.3 is 0 Å². The van der Waals surface area contributed by atoms with Crippen molar-refractivity contribution in [2.45, 2.75) is 0 Å². The molecule has 14 heteroatoms. The highest BCUT2D eigenvalue weighted by atomic mass is 32.2. The molecule has 12 nitrogen and oxygen atoms in total. The average molecular weight is 647 g/mol. The van der Waals surface area contributed by atoms with Gasteiger partial charge in [0.15, 0.2) is 24.8 Å². The van der Waals surface area contributed by atoms with Crippen LogP contribution in [0, 0.1) is 0 Å². The monoisotopic (exact) mass is 646 g/mol. The Hall–Kier alpha value is -4.76. The molecule has 0 bridgehead atoms. The van der Waals surface area contributed by atoms with E-state index in [1.54, 1.807) is 38.5 Å². The Morgan fingerprint density at radius 3 is 1.16 bits per heavy atom. The van der Waals surface area contributed by atoms with Crippen molar-refractivity contribution in [1.29, 1.82) is 0 Å². The van der Waals surface area contributed by atoms with Crippen LogP contribution in [0.5, 0.6) is 23.0 Å². The molecule has 0 aliphatic rings. The number of rotatable bonds is 6. The number of benzene rings is 2. The number of aromatic nitrogens is 2. The van der Waals surface area contributed by atoms with Crippen molar-refractivity contribution in [3.63, 3.8) is 0 Å². The van der Waals surface area contributed by atoms with Crippen LogP contribution in [-0.2, 0) is 20.2 Å². The van der Waals surface area contributed by atoms with Gasteiger partial charge in [-0.15, -0.1) is 0 Å². The zero-order valence-corrected chi connectivity index (χ0v) is 26.0. The highest BCUT2D eigenvalue weighted by molar-refractivity contribution is 7.85. The zero-order chi connectivity index (χ0) is 33.2. The molecule has 0 fully saturated rings. The fourth-order valence-corrected chi connectivity index (χ4v) is 3.07. The summed E-state index contributed by atoms with van der Waals surface area (Å²) in [6.45, 7) is 0. The maximum Gasteiger partial charge on any atom is 0.167 e. The molecule has 2 heterocycles. The molecule has 0 spiro atoms. The first-order valence-corrected chi connectivity index (χ1v) is 16.1. The Labute approximate surface area is 257 Å². The summed E-state index contributed by atoms with van der Waals surface area (Å²) < 4.78 is 64.9. The van der Waals surface area contributed by atoms with Crippen LogP contribution < -0.4 is 19.4 Å². The van der Waals surface area contributed by atoms with Crippen LogP contribution in [0.1, 0.15) is 22.3 Å². The van der Waals surface area contributed by atoms with E-state index in [2.05, 4.69) is 9.97 Å². The number of aromatic hydroxyl groups is 2. The lowest BCUT2D eigenvalue weighted by molar-refractivity contribution is -0.378. The average Bonchev–Trinajstić information content (AvgIpc) is 2.95. The van der Waals surface area contributed by atoms with Gasteiger partial charge in [0.25, 0.3) is 0 Å². The number of nitrogens with one attached hydrogen (secondary N) is 2. The smallest absolute Gasteiger partial charge is 0.167 e. The highest BCUT2D eigenvalue weighted by Gasteiger charge is 2.01. The SMILES string of the molecule is COc1cc(O)ccc1/C=C/c1cc[nH+]cc1.COc1cc(O)ccc1/C=C/c1cc[nH+]cc1.CS(=O)(=O)[O-].CS(=O)(=O)[O-]. The molecule has 4 rings (SSSR count). The van der Waals surface area contributed by atoms with E-state index in [4.69, 9.17) is 35.4 Å². The van der Waals surface area contributed by atoms with E-state index >= 15 is 0 Å². The Balaban J connectivity index is 0.000000338. The van der Waals surface area contributed by atoms with E-state index < -0.39 is 20.2 Å². The summed E-state index contributed by atoms with van der Waals surface area (Å²) in [5.41, 5.74) is 4.05. The molecule has 44 heavy (non-hydrogen) atoms. The second-order valence-corrected chi connectivity index (χ2v) is 11.4. The molecule has 0 atom stereocenters. The fraction of sp³-hybridized carbons (Fsp3) is 0.133. The molecule has 0 unspecified atom stereocenters. The van der Waals surface area contributed by atoms with Gasteiger partial charge in [-0.3, -0.25) is 0 Å². The highest BCUT2D eigenvalue weighted by Crippen LogP contribution is 2.26. The largest absolute Gasteiger partial charge is 0.748 e. The summed E-state index contributed by atoms with van der Waals surface area (Å²) >= 11 is 0. The predicted octanol–water partition coefficient (Wildman–Crippen LogP) is 3.09. The van der Waals surface area contributed by atoms with E-state index in [0.29, 0.717) is 24.0 Å². The van der Waals surface area contributed by atoms with E-state index in [1.807, 2.05) is 85.5 Å². The summed E-state index contributed by atoms with van der Waals surface area (Å²) in [7, 11) is -4.66. The molecule has 0 amide bonds. The van der Waals surface area contributed by atoms with Gasteiger partial charge in [-0.2, -0.15) is 0 Å². The van der Waals surface area contributed by atoms with Gasteiger partial charge < -0.3 is 28.8 Å². The van der Waals surface area contributed by atoms with Gasteiger partial charge in [-0.25, -0.2) is 26.8 Å². The molecule has 2 aromatic carbocycles. The molecular weight excluding hydrogens is 612 g/mol. The van der Waals surface area contributed by atoms with E-state index in [-0.39, 0.29) is 11.5 Å². The molecule has 0 aliphatic heterocycles. The lowest BCUT2D eigenvalue weighted by Gasteiger charge is -2.04. The first kappa shape index (κ1) is 37.3. The molecule has 0 saturated heterocycles. The number of ether oxygens (including phenoxy) is 2. The van der Waals surface area contributed by atoms with Gasteiger partial charge in [-0.1, -0.05) is 24.3 Å². The molecule has 4 aromatic rings. The van der Waals surface area contributed by atoms with Gasteiger partial charge in [0.1, 0.15) is 23.0 Å². The second-order valence-electron chi connectivity index (χ2n) is 8.59. The van der Waals surface area contributed by atoms with Crippen molar-refractivity contribution >= 4 is 44.5 Å². The second kappa shape index (κ2) is 18.7. The van der Waals surface area contributed by atoms with Crippen LogP contribution in [-0.4, -0.2) is 62.9 Å². The minimum atomic E-state index is -3.92. The zero-order valence-electron chi connectivity index (χ0n) is 24.4. The summed E-state index contributed by atoms with van der Waals surface area (Å²) in [6, 6.07) is 18.0.